The van der Waals surface area contributed by atoms with Crippen molar-refractivity contribution in [1.82, 2.24) is 9.55 Å². The first kappa shape index (κ1) is 18.5. The van der Waals surface area contributed by atoms with Gasteiger partial charge in [-0.25, -0.2) is 4.98 Å². The Morgan fingerprint density at radius 1 is 1.30 bits per heavy atom. The molecule has 3 rings (SSSR count). The van der Waals surface area contributed by atoms with Gasteiger partial charge in [0.05, 0.1) is 23.5 Å². The average molecular weight is 384 g/mol. The van der Waals surface area contributed by atoms with Gasteiger partial charge in [-0.3, -0.25) is 19.5 Å². The van der Waals surface area contributed by atoms with E-state index in [0.717, 1.165) is 11.4 Å². The van der Waals surface area contributed by atoms with Crippen molar-refractivity contribution in [2.75, 3.05) is 18.2 Å². The summed E-state index contributed by atoms with van der Waals surface area (Å²) in [5, 5.41) is 14.0. The number of anilines is 1. The van der Waals surface area contributed by atoms with Crippen LogP contribution in [-0.2, 0) is 4.79 Å². The molecule has 2 aromatic carbocycles. The maximum atomic E-state index is 12.2. The number of carbonyl (C=O) groups excluding carboxylic acids is 1. The second-order valence-electron chi connectivity index (χ2n) is 5.42. The number of nitrogens with one attached hydrogen (secondary N) is 1. The maximum Gasteiger partial charge on any atom is 0.269 e. The van der Waals surface area contributed by atoms with E-state index in [1.54, 1.807) is 13.3 Å². The van der Waals surface area contributed by atoms with Gasteiger partial charge in [-0.2, -0.15) is 0 Å². The largest absolute Gasteiger partial charge is 0.497 e. The van der Waals surface area contributed by atoms with Crippen molar-refractivity contribution in [3.63, 3.8) is 0 Å². The lowest BCUT2D eigenvalue weighted by Crippen LogP contribution is -2.14. The SMILES string of the molecule is COc1cccc(-n2ccnc2SCC(=O)Nc2ccc([N+](=O)[O-])cc2)c1. The number of methoxy groups -OCH3 is 1. The summed E-state index contributed by atoms with van der Waals surface area (Å²) in [5.74, 6) is 0.653. The van der Waals surface area contributed by atoms with E-state index in [9.17, 15) is 14.9 Å². The van der Waals surface area contributed by atoms with E-state index in [0.29, 0.717) is 10.8 Å². The molecule has 0 saturated carbocycles. The summed E-state index contributed by atoms with van der Waals surface area (Å²) in [6.07, 6.45) is 3.47. The van der Waals surface area contributed by atoms with Crippen LogP contribution in [0.4, 0.5) is 11.4 Å². The van der Waals surface area contributed by atoms with Gasteiger partial charge in [0.25, 0.3) is 5.69 Å². The van der Waals surface area contributed by atoms with Gasteiger partial charge in [0.15, 0.2) is 5.16 Å². The number of aromatic nitrogens is 2. The lowest BCUT2D eigenvalue weighted by atomic mass is 10.3. The smallest absolute Gasteiger partial charge is 0.269 e. The highest BCUT2D eigenvalue weighted by atomic mass is 32.2. The quantitative estimate of drug-likeness (QED) is 0.380. The predicted molar refractivity (Wildman–Crippen MR) is 103 cm³/mol. The van der Waals surface area contributed by atoms with E-state index in [4.69, 9.17) is 4.74 Å². The van der Waals surface area contributed by atoms with Crippen LogP contribution in [0, 0.1) is 10.1 Å². The van der Waals surface area contributed by atoms with Crippen molar-refractivity contribution >= 4 is 29.0 Å². The fourth-order valence-corrected chi connectivity index (χ4v) is 3.12. The van der Waals surface area contributed by atoms with Crippen molar-refractivity contribution in [2.24, 2.45) is 0 Å². The molecular weight excluding hydrogens is 368 g/mol. The second-order valence-corrected chi connectivity index (χ2v) is 6.36. The number of nitro benzene ring substituents is 1. The van der Waals surface area contributed by atoms with Crippen molar-refractivity contribution in [1.29, 1.82) is 0 Å². The third-order valence-electron chi connectivity index (χ3n) is 3.63. The summed E-state index contributed by atoms with van der Waals surface area (Å²) in [5.41, 5.74) is 1.36. The minimum Gasteiger partial charge on any atom is -0.497 e. The van der Waals surface area contributed by atoms with Gasteiger partial charge in [0, 0.05) is 36.3 Å². The average Bonchev–Trinajstić information content (AvgIpc) is 3.15. The topological polar surface area (TPSA) is 99.3 Å². The first-order valence-electron chi connectivity index (χ1n) is 7.91. The van der Waals surface area contributed by atoms with Gasteiger partial charge >= 0.3 is 0 Å². The molecule has 27 heavy (non-hydrogen) atoms. The minimum atomic E-state index is -0.486. The molecule has 0 radical (unpaired) electrons. The number of benzene rings is 2. The number of carbonyl (C=O) groups is 1. The Bertz CT molecular complexity index is 956. The van der Waals surface area contributed by atoms with Crippen molar-refractivity contribution in [2.45, 2.75) is 5.16 Å². The third-order valence-corrected chi connectivity index (χ3v) is 4.60. The normalized spacial score (nSPS) is 10.4. The van der Waals surface area contributed by atoms with Crippen molar-refractivity contribution < 1.29 is 14.5 Å². The van der Waals surface area contributed by atoms with Gasteiger partial charge in [-0.05, 0) is 24.3 Å². The fourth-order valence-electron chi connectivity index (χ4n) is 2.35. The van der Waals surface area contributed by atoms with E-state index in [1.165, 1.54) is 36.0 Å². The summed E-state index contributed by atoms with van der Waals surface area (Å²) in [6.45, 7) is 0. The number of hydrogen-bond acceptors (Lipinski definition) is 6. The van der Waals surface area contributed by atoms with E-state index >= 15 is 0 Å². The van der Waals surface area contributed by atoms with Crippen molar-refractivity contribution in [3.8, 4) is 11.4 Å². The Labute approximate surface area is 159 Å². The Morgan fingerprint density at radius 2 is 2.07 bits per heavy atom. The summed E-state index contributed by atoms with van der Waals surface area (Å²) in [6, 6.07) is 13.2. The zero-order valence-electron chi connectivity index (χ0n) is 14.4. The maximum absolute atomic E-state index is 12.2. The molecule has 0 saturated heterocycles. The minimum absolute atomic E-state index is 0.0253. The molecule has 1 amide bonds. The number of hydrogen-bond donors (Lipinski definition) is 1. The number of rotatable bonds is 7. The molecule has 9 heteroatoms. The van der Waals surface area contributed by atoms with E-state index < -0.39 is 4.92 Å². The summed E-state index contributed by atoms with van der Waals surface area (Å²) in [7, 11) is 1.60. The highest BCUT2D eigenvalue weighted by Crippen LogP contribution is 2.23. The molecule has 1 heterocycles. The Morgan fingerprint density at radius 3 is 2.78 bits per heavy atom. The van der Waals surface area contributed by atoms with Gasteiger partial charge in [0.1, 0.15) is 5.75 Å². The number of ether oxygens (including phenoxy) is 1. The number of amides is 1. The molecule has 138 valence electrons. The van der Waals surface area contributed by atoms with Crippen molar-refractivity contribution in [3.05, 3.63) is 71.0 Å². The molecule has 8 nitrogen and oxygen atoms in total. The zero-order chi connectivity index (χ0) is 19.2. The number of nitro groups is 1. The molecule has 0 spiro atoms. The van der Waals surface area contributed by atoms with E-state index in [1.807, 2.05) is 35.0 Å². The van der Waals surface area contributed by atoms with Crippen LogP contribution in [0.5, 0.6) is 5.75 Å². The number of imidazole rings is 1. The van der Waals surface area contributed by atoms with Gasteiger partial charge < -0.3 is 10.1 Å². The third kappa shape index (κ3) is 4.64. The van der Waals surface area contributed by atoms with Crippen LogP contribution in [0.15, 0.2) is 66.1 Å². The number of thioether (sulfide) groups is 1. The van der Waals surface area contributed by atoms with Gasteiger partial charge in [-0.15, -0.1) is 0 Å². The fraction of sp³-hybridized carbons (Fsp3) is 0.111. The zero-order valence-corrected chi connectivity index (χ0v) is 15.2. The van der Waals surface area contributed by atoms with Crippen LogP contribution in [0.25, 0.3) is 5.69 Å². The lowest BCUT2D eigenvalue weighted by Gasteiger charge is -2.09. The summed E-state index contributed by atoms with van der Waals surface area (Å²) >= 11 is 1.29. The Hall–Kier alpha value is -3.33. The Kier molecular flexibility index (Phi) is 5.72. The number of non-ortho nitro benzene ring substituents is 1. The molecular formula is C18H16N4O4S. The molecule has 3 aromatic rings. The molecule has 1 N–H and O–H groups in total. The molecule has 0 aliphatic heterocycles. The van der Waals surface area contributed by atoms with E-state index in [2.05, 4.69) is 10.3 Å². The predicted octanol–water partition coefficient (Wildman–Crippen LogP) is 3.52. The molecule has 0 atom stereocenters. The standard InChI is InChI=1S/C18H16N4O4S/c1-26-16-4-2-3-15(11-16)21-10-9-19-18(21)27-12-17(23)20-13-5-7-14(8-6-13)22(24)25/h2-11H,12H2,1H3,(H,20,23). The highest BCUT2D eigenvalue weighted by molar-refractivity contribution is 7.99. The molecule has 1 aromatic heterocycles. The van der Waals surface area contributed by atoms with Crippen LogP contribution in [0.3, 0.4) is 0 Å². The second kappa shape index (κ2) is 8.37. The van der Waals surface area contributed by atoms with Crippen LogP contribution in [-0.4, -0.2) is 33.2 Å². The van der Waals surface area contributed by atoms with Crippen LogP contribution in [0.2, 0.25) is 0 Å². The molecule has 0 unspecified atom stereocenters. The van der Waals surface area contributed by atoms with E-state index in [-0.39, 0.29) is 17.3 Å². The first-order valence-corrected chi connectivity index (χ1v) is 8.90. The Balaban J connectivity index is 1.62. The first-order chi connectivity index (χ1) is 13.1. The lowest BCUT2D eigenvalue weighted by molar-refractivity contribution is -0.384. The van der Waals surface area contributed by atoms with Gasteiger partial charge in [-0.1, -0.05) is 17.8 Å². The van der Waals surface area contributed by atoms with Crippen LogP contribution >= 0.6 is 11.8 Å². The summed E-state index contributed by atoms with van der Waals surface area (Å²) in [4.78, 5) is 26.6. The van der Waals surface area contributed by atoms with Crippen LogP contribution < -0.4 is 10.1 Å². The molecule has 0 aliphatic carbocycles. The molecule has 0 fully saturated rings. The molecule has 0 bridgehead atoms. The summed E-state index contributed by atoms with van der Waals surface area (Å²) < 4.78 is 7.10. The highest BCUT2D eigenvalue weighted by Gasteiger charge is 2.11. The monoisotopic (exact) mass is 384 g/mol. The molecule has 0 aliphatic rings. The van der Waals surface area contributed by atoms with Gasteiger partial charge in [0.2, 0.25) is 5.91 Å². The van der Waals surface area contributed by atoms with Crippen LogP contribution in [0.1, 0.15) is 0 Å². The number of nitrogens with zero attached hydrogens (tertiary/aromatic N) is 3.